The normalized spacial score (nSPS) is 12.7. The molecule has 0 spiro atoms. The van der Waals surface area contributed by atoms with Crippen LogP contribution in [-0.4, -0.2) is 21.2 Å². The SMILES string of the molecule is Cn1c(O[Si](C)(C)C)ccc1O[Si](C)(C)C. The summed E-state index contributed by atoms with van der Waals surface area (Å²) in [5, 5.41) is 0. The summed E-state index contributed by atoms with van der Waals surface area (Å²) in [6.45, 7) is 13.1. The molecule has 0 aliphatic rings. The highest BCUT2D eigenvalue weighted by Crippen LogP contribution is 2.25. The van der Waals surface area contributed by atoms with Crippen molar-refractivity contribution in [2.45, 2.75) is 39.3 Å². The summed E-state index contributed by atoms with van der Waals surface area (Å²) >= 11 is 0. The van der Waals surface area contributed by atoms with E-state index in [-0.39, 0.29) is 0 Å². The lowest BCUT2D eigenvalue weighted by atomic mass is 10.6. The number of aromatic nitrogens is 1. The predicted octanol–water partition coefficient (Wildman–Crippen LogP) is 3.45. The van der Waals surface area contributed by atoms with E-state index in [0.29, 0.717) is 0 Å². The Kier molecular flexibility index (Phi) is 3.59. The fourth-order valence-corrected chi connectivity index (χ4v) is 2.97. The standard InChI is InChI=1S/C11H23NO2Si2/c1-12-10(13-15(2,3)4)8-9-11(12)14-16(5,6)7/h8-9H,1-7H3. The van der Waals surface area contributed by atoms with E-state index in [0.717, 1.165) is 11.8 Å². The van der Waals surface area contributed by atoms with Gasteiger partial charge in [-0.2, -0.15) is 0 Å². The van der Waals surface area contributed by atoms with Crippen molar-refractivity contribution < 1.29 is 8.85 Å². The van der Waals surface area contributed by atoms with E-state index >= 15 is 0 Å². The van der Waals surface area contributed by atoms with E-state index in [1.807, 2.05) is 23.7 Å². The van der Waals surface area contributed by atoms with Crippen LogP contribution in [0.15, 0.2) is 12.1 Å². The minimum atomic E-state index is -1.54. The number of hydrogen-bond donors (Lipinski definition) is 0. The largest absolute Gasteiger partial charge is 0.533 e. The highest BCUT2D eigenvalue weighted by molar-refractivity contribution is 6.70. The van der Waals surface area contributed by atoms with Gasteiger partial charge in [-0.3, -0.25) is 4.57 Å². The molecule has 0 amide bonds. The summed E-state index contributed by atoms with van der Waals surface area (Å²) in [7, 11) is -1.09. The first-order valence-electron chi connectivity index (χ1n) is 5.62. The molecule has 0 radical (unpaired) electrons. The second-order valence-electron chi connectivity index (χ2n) is 6.00. The lowest BCUT2D eigenvalue weighted by molar-refractivity contribution is 0.461. The van der Waals surface area contributed by atoms with Gasteiger partial charge >= 0.3 is 0 Å². The van der Waals surface area contributed by atoms with Crippen LogP contribution in [0.25, 0.3) is 0 Å². The lowest BCUT2D eigenvalue weighted by Gasteiger charge is -2.22. The van der Waals surface area contributed by atoms with Crippen LogP contribution in [0, 0.1) is 0 Å². The molecule has 5 heteroatoms. The molecule has 16 heavy (non-hydrogen) atoms. The monoisotopic (exact) mass is 257 g/mol. The molecule has 0 unspecified atom stereocenters. The second kappa shape index (κ2) is 4.29. The maximum absolute atomic E-state index is 5.96. The molecule has 1 aromatic rings. The Morgan fingerprint density at radius 3 is 1.38 bits per heavy atom. The summed E-state index contributed by atoms with van der Waals surface area (Å²) in [5.74, 6) is 1.82. The van der Waals surface area contributed by atoms with Crippen molar-refractivity contribution in [3.8, 4) is 11.8 Å². The molecule has 92 valence electrons. The quantitative estimate of drug-likeness (QED) is 0.771. The predicted molar refractivity (Wildman–Crippen MR) is 73.4 cm³/mol. The van der Waals surface area contributed by atoms with Crippen molar-refractivity contribution in [2.24, 2.45) is 7.05 Å². The topological polar surface area (TPSA) is 23.4 Å². The Hall–Kier alpha value is -0.686. The van der Waals surface area contributed by atoms with Crippen molar-refractivity contribution in [1.82, 2.24) is 4.57 Å². The fraction of sp³-hybridized carbons (Fsp3) is 0.636. The van der Waals surface area contributed by atoms with Crippen LogP contribution in [0.1, 0.15) is 0 Å². The molecule has 0 saturated carbocycles. The van der Waals surface area contributed by atoms with E-state index < -0.39 is 16.6 Å². The smallest absolute Gasteiger partial charge is 0.244 e. The van der Waals surface area contributed by atoms with Crippen LogP contribution < -0.4 is 8.85 Å². The molecule has 1 heterocycles. The average Bonchev–Trinajstić information content (AvgIpc) is 2.30. The third-order valence-corrected chi connectivity index (χ3v) is 3.49. The number of hydrogen-bond acceptors (Lipinski definition) is 2. The molecule has 1 aromatic heterocycles. The van der Waals surface area contributed by atoms with Crippen molar-refractivity contribution in [3.63, 3.8) is 0 Å². The van der Waals surface area contributed by atoms with Gasteiger partial charge in [-0.25, -0.2) is 0 Å². The number of rotatable bonds is 4. The first kappa shape index (κ1) is 13.4. The Labute approximate surface area is 101 Å². The molecule has 0 N–H and O–H groups in total. The van der Waals surface area contributed by atoms with Crippen LogP contribution in [-0.2, 0) is 7.05 Å². The van der Waals surface area contributed by atoms with Gasteiger partial charge in [0.15, 0.2) is 11.8 Å². The van der Waals surface area contributed by atoms with Gasteiger partial charge in [-0.05, 0) is 39.3 Å². The Morgan fingerprint density at radius 1 is 0.812 bits per heavy atom. The average molecular weight is 257 g/mol. The van der Waals surface area contributed by atoms with Crippen molar-refractivity contribution in [3.05, 3.63) is 12.1 Å². The van der Waals surface area contributed by atoms with Gasteiger partial charge in [0.25, 0.3) is 0 Å². The zero-order valence-corrected chi connectivity index (χ0v) is 13.4. The summed E-state index contributed by atoms with van der Waals surface area (Å²) in [4.78, 5) is 0. The van der Waals surface area contributed by atoms with E-state index in [1.165, 1.54) is 0 Å². The molecule has 3 nitrogen and oxygen atoms in total. The molecule has 0 fully saturated rings. The molecule has 0 aliphatic carbocycles. The minimum Gasteiger partial charge on any atom is -0.533 e. The van der Waals surface area contributed by atoms with Gasteiger partial charge < -0.3 is 8.85 Å². The first-order valence-corrected chi connectivity index (χ1v) is 12.4. The van der Waals surface area contributed by atoms with Crippen LogP contribution in [0.4, 0.5) is 0 Å². The molecular weight excluding hydrogens is 234 g/mol. The molecule has 0 bridgehead atoms. The van der Waals surface area contributed by atoms with E-state index in [9.17, 15) is 0 Å². The van der Waals surface area contributed by atoms with Crippen LogP contribution in [0.3, 0.4) is 0 Å². The molecular formula is C11H23NO2Si2. The second-order valence-corrected chi connectivity index (χ2v) is 14.9. The maximum atomic E-state index is 5.96. The zero-order chi connectivity index (χ0) is 12.6. The van der Waals surface area contributed by atoms with Gasteiger partial charge in [0, 0.05) is 19.2 Å². The lowest BCUT2D eigenvalue weighted by Crippen LogP contribution is -2.31. The van der Waals surface area contributed by atoms with Gasteiger partial charge in [-0.15, -0.1) is 0 Å². The van der Waals surface area contributed by atoms with Crippen molar-refractivity contribution >= 4 is 16.6 Å². The molecule has 0 saturated heterocycles. The third-order valence-electron chi connectivity index (χ3n) is 1.85. The Morgan fingerprint density at radius 2 is 1.12 bits per heavy atom. The zero-order valence-electron chi connectivity index (χ0n) is 11.4. The third kappa shape index (κ3) is 4.05. The van der Waals surface area contributed by atoms with Crippen molar-refractivity contribution in [2.75, 3.05) is 0 Å². The van der Waals surface area contributed by atoms with Crippen LogP contribution >= 0.6 is 0 Å². The summed E-state index contributed by atoms with van der Waals surface area (Å²) in [6, 6.07) is 3.99. The Bertz CT molecular complexity index is 328. The van der Waals surface area contributed by atoms with E-state index in [4.69, 9.17) is 8.85 Å². The van der Waals surface area contributed by atoms with Gasteiger partial charge in [0.1, 0.15) is 0 Å². The highest BCUT2D eigenvalue weighted by atomic mass is 28.4. The maximum Gasteiger partial charge on any atom is 0.244 e. The number of nitrogens with zero attached hydrogens (tertiary/aromatic N) is 1. The van der Waals surface area contributed by atoms with Crippen LogP contribution in [0.5, 0.6) is 11.8 Å². The van der Waals surface area contributed by atoms with Gasteiger partial charge in [-0.1, -0.05) is 0 Å². The molecule has 0 atom stereocenters. The molecule has 0 aromatic carbocycles. The highest BCUT2D eigenvalue weighted by Gasteiger charge is 2.22. The van der Waals surface area contributed by atoms with E-state index in [2.05, 4.69) is 39.3 Å². The summed E-state index contributed by atoms with van der Waals surface area (Å²) < 4.78 is 13.9. The fourth-order valence-electron chi connectivity index (χ4n) is 1.31. The first-order chi connectivity index (χ1) is 7.08. The van der Waals surface area contributed by atoms with Gasteiger partial charge in [0.2, 0.25) is 16.6 Å². The summed E-state index contributed by atoms with van der Waals surface area (Å²) in [6.07, 6.45) is 0. The van der Waals surface area contributed by atoms with Crippen LogP contribution in [0.2, 0.25) is 39.3 Å². The Balaban J connectivity index is 2.85. The minimum absolute atomic E-state index is 0.910. The summed E-state index contributed by atoms with van der Waals surface area (Å²) in [5.41, 5.74) is 0. The van der Waals surface area contributed by atoms with Crippen molar-refractivity contribution in [1.29, 1.82) is 0 Å². The van der Waals surface area contributed by atoms with Gasteiger partial charge in [0.05, 0.1) is 0 Å². The molecule has 0 aliphatic heterocycles. The molecule has 1 rings (SSSR count). The van der Waals surface area contributed by atoms with E-state index in [1.54, 1.807) is 0 Å².